The molecule has 0 spiro atoms. The van der Waals surface area contributed by atoms with Gasteiger partial charge in [-0.1, -0.05) is 55.5 Å². The lowest BCUT2D eigenvalue weighted by atomic mass is 10.0. The van der Waals surface area contributed by atoms with Crippen molar-refractivity contribution in [3.63, 3.8) is 0 Å². The van der Waals surface area contributed by atoms with Crippen LogP contribution >= 0.6 is 23.6 Å². The van der Waals surface area contributed by atoms with E-state index in [0.717, 1.165) is 16.9 Å². The van der Waals surface area contributed by atoms with Crippen molar-refractivity contribution >= 4 is 40.7 Å². The van der Waals surface area contributed by atoms with Gasteiger partial charge in [-0.15, -0.1) is 5.10 Å². The molecule has 0 aliphatic rings. The van der Waals surface area contributed by atoms with E-state index in [1.165, 1.54) is 0 Å². The van der Waals surface area contributed by atoms with Gasteiger partial charge >= 0.3 is 6.09 Å². The lowest BCUT2D eigenvalue weighted by Gasteiger charge is -2.19. The summed E-state index contributed by atoms with van der Waals surface area (Å²) in [7, 11) is 0. The third kappa shape index (κ3) is 6.63. The smallest absolute Gasteiger partial charge is 0.408 e. The van der Waals surface area contributed by atoms with Gasteiger partial charge in [0.25, 0.3) is 0 Å². The van der Waals surface area contributed by atoms with Gasteiger partial charge in [-0.05, 0) is 30.1 Å². The van der Waals surface area contributed by atoms with Gasteiger partial charge in [0.2, 0.25) is 11.0 Å². The molecule has 25 heavy (non-hydrogen) atoms. The number of benzene rings is 1. The summed E-state index contributed by atoms with van der Waals surface area (Å²) in [6.07, 6.45) is -0.165. The standard InChI is InChI=1S/C16H20N4O3S2/c1-10(2)8-12(13(21)18-14-19-20-16(24)25-14)17-15(22)23-9-11-6-4-3-5-7-11/h3-7,10,12H,8-9H2,1-2H3,(H,17,22)(H,20,24)(H,18,19,21). The number of ether oxygens (including phenoxy) is 1. The quantitative estimate of drug-likeness (QED) is 0.639. The van der Waals surface area contributed by atoms with Crippen molar-refractivity contribution in [1.82, 2.24) is 15.5 Å². The zero-order valence-electron chi connectivity index (χ0n) is 13.9. The Hall–Kier alpha value is -2.26. The van der Waals surface area contributed by atoms with Crippen LogP contribution in [0.2, 0.25) is 0 Å². The fraction of sp³-hybridized carbons (Fsp3) is 0.375. The predicted molar refractivity (Wildman–Crippen MR) is 98.9 cm³/mol. The van der Waals surface area contributed by atoms with Crippen LogP contribution in [0.1, 0.15) is 25.8 Å². The highest BCUT2D eigenvalue weighted by Gasteiger charge is 2.23. The van der Waals surface area contributed by atoms with Gasteiger partial charge in [0.15, 0.2) is 3.95 Å². The molecule has 1 aromatic heterocycles. The average molecular weight is 380 g/mol. The molecule has 1 heterocycles. The topological polar surface area (TPSA) is 96.1 Å². The second kappa shape index (κ2) is 9.28. The molecular weight excluding hydrogens is 360 g/mol. The van der Waals surface area contributed by atoms with Gasteiger partial charge in [0, 0.05) is 0 Å². The molecule has 7 nitrogen and oxygen atoms in total. The van der Waals surface area contributed by atoms with Gasteiger partial charge in [0.1, 0.15) is 12.6 Å². The average Bonchev–Trinajstić information content (AvgIpc) is 2.98. The Kier molecular flexibility index (Phi) is 7.08. The third-order valence-electron chi connectivity index (χ3n) is 3.20. The van der Waals surface area contributed by atoms with E-state index in [0.29, 0.717) is 15.5 Å². The van der Waals surface area contributed by atoms with Crippen molar-refractivity contribution in [2.24, 2.45) is 5.92 Å². The second-order valence-corrected chi connectivity index (χ2v) is 7.46. The molecule has 2 rings (SSSR count). The Morgan fingerprint density at radius 2 is 2.04 bits per heavy atom. The maximum absolute atomic E-state index is 12.4. The first-order valence-electron chi connectivity index (χ1n) is 7.77. The van der Waals surface area contributed by atoms with Crippen molar-refractivity contribution in [1.29, 1.82) is 0 Å². The molecule has 0 radical (unpaired) electrons. The number of carbonyl (C=O) groups is 2. The highest BCUT2D eigenvalue weighted by molar-refractivity contribution is 7.73. The molecule has 0 saturated heterocycles. The Bertz CT molecular complexity index is 758. The van der Waals surface area contributed by atoms with Crippen LogP contribution in [0.5, 0.6) is 0 Å². The SMILES string of the molecule is CC(C)CC(NC(=O)OCc1ccccc1)C(=O)Nc1n[nH]c(=S)s1. The van der Waals surface area contributed by atoms with Crippen LogP contribution in [0.3, 0.4) is 0 Å². The van der Waals surface area contributed by atoms with E-state index in [9.17, 15) is 9.59 Å². The van der Waals surface area contributed by atoms with E-state index in [2.05, 4.69) is 20.8 Å². The number of nitrogens with zero attached hydrogens (tertiary/aromatic N) is 1. The molecule has 1 unspecified atom stereocenters. The minimum atomic E-state index is -0.722. The Morgan fingerprint density at radius 3 is 2.64 bits per heavy atom. The lowest BCUT2D eigenvalue weighted by Crippen LogP contribution is -2.44. The van der Waals surface area contributed by atoms with Gasteiger partial charge in [-0.25, -0.2) is 4.79 Å². The van der Waals surface area contributed by atoms with E-state index < -0.39 is 12.1 Å². The van der Waals surface area contributed by atoms with E-state index in [1.54, 1.807) is 0 Å². The van der Waals surface area contributed by atoms with E-state index in [1.807, 2.05) is 44.2 Å². The highest BCUT2D eigenvalue weighted by atomic mass is 32.1. The summed E-state index contributed by atoms with van der Waals surface area (Å²) >= 11 is 6.08. The van der Waals surface area contributed by atoms with E-state index in [4.69, 9.17) is 17.0 Å². The van der Waals surface area contributed by atoms with Crippen molar-refractivity contribution in [3.05, 3.63) is 39.8 Å². The first-order chi connectivity index (χ1) is 11.9. The molecule has 134 valence electrons. The maximum atomic E-state index is 12.4. The summed E-state index contributed by atoms with van der Waals surface area (Å²) in [5, 5.41) is 12.1. The first-order valence-corrected chi connectivity index (χ1v) is 9.00. The molecule has 9 heteroatoms. The number of hydrogen-bond acceptors (Lipinski definition) is 6. The molecule has 0 bridgehead atoms. The molecular formula is C16H20N4O3S2. The normalized spacial score (nSPS) is 11.8. The molecule has 0 fully saturated rings. The summed E-state index contributed by atoms with van der Waals surface area (Å²) in [4.78, 5) is 24.4. The van der Waals surface area contributed by atoms with Crippen LogP contribution in [0.25, 0.3) is 0 Å². The largest absolute Gasteiger partial charge is 0.445 e. The van der Waals surface area contributed by atoms with Crippen LogP contribution in [0.15, 0.2) is 30.3 Å². The fourth-order valence-corrected chi connectivity index (χ4v) is 2.88. The lowest BCUT2D eigenvalue weighted by molar-refractivity contribution is -0.118. The summed E-state index contributed by atoms with van der Waals surface area (Å²) in [5.41, 5.74) is 0.874. The van der Waals surface area contributed by atoms with Crippen LogP contribution in [0.4, 0.5) is 9.93 Å². The molecule has 2 amide bonds. The maximum Gasteiger partial charge on any atom is 0.408 e. The number of hydrogen-bond donors (Lipinski definition) is 3. The number of H-pyrrole nitrogens is 1. The van der Waals surface area contributed by atoms with E-state index in [-0.39, 0.29) is 18.4 Å². The summed E-state index contributed by atoms with van der Waals surface area (Å²) in [6, 6.07) is 8.61. The fourth-order valence-electron chi connectivity index (χ4n) is 2.09. The van der Waals surface area contributed by atoms with Crippen molar-refractivity contribution in [2.75, 3.05) is 5.32 Å². The Morgan fingerprint density at radius 1 is 1.32 bits per heavy atom. The van der Waals surface area contributed by atoms with Crippen LogP contribution in [0, 0.1) is 9.87 Å². The molecule has 1 atom stereocenters. The molecule has 3 N–H and O–H groups in total. The minimum Gasteiger partial charge on any atom is -0.445 e. The Balaban J connectivity index is 1.92. The number of nitrogens with one attached hydrogen (secondary N) is 3. The first kappa shape index (κ1) is 19.1. The van der Waals surface area contributed by atoms with Crippen LogP contribution in [-0.4, -0.2) is 28.2 Å². The van der Waals surface area contributed by atoms with Gasteiger partial charge in [-0.3, -0.25) is 15.2 Å². The van der Waals surface area contributed by atoms with Gasteiger partial charge in [0.05, 0.1) is 0 Å². The third-order valence-corrected chi connectivity index (χ3v) is 4.20. The number of aromatic amines is 1. The zero-order chi connectivity index (χ0) is 18.2. The molecule has 0 aliphatic carbocycles. The minimum absolute atomic E-state index is 0.142. The number of carbonyl (C=O) groups excluding carboxylic acids is 2. The van der Waals surface area contributed by atoms with Crippen LogP contribution < -0.4 is 10.6 Å². The predicted octanol–water partition coefficient (Wildman–Crippen LogP) is 3.48. The zero-order valence-corrected chi connectivity index (χ0v) is 15.6. The number of rotatable bonds is 7. The molecule has 0 aliphatic heterocycles. The number of aromatic nitrogens is 2. The van der Waals surface area contributed by atoms with Crippen LogP contribution in [-0.2, 0) is 16.1 Å². The Labute approximate surface area is 154 Å². The monoisotopic (exact) mass is 380 g/mol. The molecule has 2 aromatic rings. The van der Waals surface area contributed by atoms with Crippen molar-refractivity contribution in [2.45, 2.75) is 32.9 Å². The summed E-state index contributed by atoms with van der Waals surface area (Å²) in [6.45, 7) is 4.08. The summed E-state index contributed by atoms with van der Waals surface area (Å²) < 4.78 is 5.64. The van der Waals surface area contributed by atoms with Crippen molar-refractivity contribution < 1.29 is 14.3 Å². The highest BCUT2D eigenvalue weighted by Crippen LogP contribution is 2.13. The number of amides is 2. The van der Waals surface area contributed by atoms with E-state index >= 15 is 0 Å². The molecule has 1 aromatic carbocycles. The number of alkyl carbamates (subject to hydrolysis) is 1. The van der Waals surface area contributed by atoms with Crippen molar-refractivity contribution in [3.8, 4) is 0 Å². The number of anilines is 1. The summed E-state index contributed by atoms with van der Waals surface area (Å²) in [5.74, 6) is -0.148. The van der Waals surface area contributed by atoms with Gasteiger partial charge in [-0.2, -0.15) is 0 Å². The molecule has 0 saturated carbocycles. The second-order valence-electron chi connectivity index (χ2n) is 5.80. The van der Waals surface area contributed by atoms with Gasteiger partial charge < -0.3 is 10.1 Å².